The van der Waals surface area contributed by atoms with Crippen molar-refractivity contribution >= 4 is 17.3 Å². The molecule has 18 heavy (non-hydrogen) atoms. The SMILES string of the molecule is CCC(CC)CN(CC)c1ccc(F)cc1CCl. The number of alkyl halides is 1. The van der Waals surface area contributed by atoms with Gasteiger partial charge >= 0.3 is 0 Å². The summed E-state index contributed by atoms with van der Waals surface area (Å²) in [5.41, 5.74) is 1.95. The van der Waals surface area contributed by atoms with Crippen LogP contribution in [0.4, 0.5) is 10.1 Å². The summed E-state index contributed by atoms with van der Waals surface area (Å²) in [6, 6.07) is 4.90. The molecule has 1 rings (SSSR count). The van der Waals surface area contributed by atoms with Crippen molar-refractivity contribution in [2.24, 2.45) is 5.92 Å². The highest BCUT2D eigenvalue weighted by Crippen LogP contribution is 2.25. The van der Waals surface area contributed by atoms with E-state index in [9.17, 15) is 4.39 Å². The number of anilines is 1. The Morgan fingerprint density at radius 1 is 1.22 bits per heavy atom. The first-order valence-electron chi connectivity index (χ1n) is 6.75. The van der Waals surface area contributed by atoms with E-state index < -0.39 is 0 Å². The Kier molecular flexibility index (Phi) is 6.48. The summed E-state index contributed by atoms with van der Waals surface area (Å²) in [6.45, 7) is 8.50. The van der Waals surface area contributed by atoms with E-state index in [4.69, 9.17) is 11.6 Å². The van der Waals surface area contributed by atoms with Gasteiger partial charge in [-0.05, 0) is 36.6 Å². The van der Waals surface area contributed by atoms with Gasteiger partial charge in [0.25, 0.3) is 0 Å². The standard InChI is InChI=1S/C15H23ClFN/c1-4-12(5-2)11-18(6-3)15-8-7-14(17)9-13(15)10-16/h7-9,12H,4-6,10-11H2,1-3H3. The molecular weight excluding hydrogens is 249 g/mol. The Bertz CT molecular complexity index is 364. The molecule has 1 aromatic rings. The summed E-state index contributed by atoms with van der Waals surface area (Å²) in [7, 11) is 0. The van der Waals surface area contributed by atoms with Gasteiger partial charge in [-0.3, -0.25) is 0 Å². The highest BCUT2D eigenvalue weighted by atomic mass is 35.5. The average molecular weight is 272 g/mol. The van der Waals surface area contributed by atoms with Crippen LogP contribution in [0.3, 0.4) is 0 Å². The van der Waals surface area contributed by atoms with Gasteiger partial charge < -0.3 is 4.90 Å². The summed E-state index contributed by atoms with van der Waals surface area (Å²) >= 11 is 5.92. The molecule has 0 saturated carbocycles. The Morgan fingerprint density at radius 3 is 2.39 bits per heavy atom. The number of halogens is 2. The van der Waals surface area contributed by atoms with Gasteiger partial charge in [0.1, 0.15) is 5.82 Å². The van der Waals surface area contributed by atoms with E-state index >= 15 is 0 Å². The van der Waals surface area contributed by atoms with Gasteiger partial charge in [-0.25, -0.2) is 4.39 Å². The smallest absolute Gasteiger partial charge is 0.123 e. The van der Waals surface area contributed by atoms with Crippen molar-refractivity contribution < 1.29 is 4.39 Å². The minimum Gasteiger partial charge on any atom is -0.371 e. The van der Waals surface area contributed by atoms with Crippen LogP contribution in [-0.2, 0) is 5.88 Å². The predicted octanol–water partition coefficient (Wildman–Crippen LogP) is 4.83. The Morgan fingerprint density at radius 2 is 1.89 bits per heavy atom. The molecule has 3 heteroatoms. The predicted molar refractivity (Wildman–Crippen MR) is 77.9 cm³/mol. The molecule has 0 atom stereocenters. The Labute approximate surface area is 115 Å². The lowest BCUT2D eigenvalue weighted by molar-refractivity contribution is 0.485. The largest absolute Gasteiger partial charge is 0.371 e. The molecule has 0 spiro atoms. The van der Waals surface area contributed by atoms with Crippen LogP contribution in [0.1, 0.15) is 39.2 Å². The number of nitrogens with zero attached hydrogens (tertiary/aromatic N) is 1. The third-order valence-electron chi connectivity index (χ3n) is 3.54. The molecule has 0 aromatic heterocycles. The number of benzene rings is 1. The topological polar surface area (TPSA) is 3.24 Å². The van der Waals surface area contributed by atoms with Crippen LogP contribution in [0.2, 0.25) is 0 Å². The van der Waals surface area contributed by atoms with Crippen LogP contribution in [-0.4, -0.2) is 13.1 Å². The van der Waals surface area contributed by atoms with E-state index in [0.717, 1.165) is 24.3 Å². The molecule has 0 radical (unpaired) electrons. The van der Waals surface area contributed by atoms with Crippen molar-refractivity contribution in [1.29, 1.82) is 0 Å². The summed E-state index contributed by atoms with van der Waals surface area (Å²) in [6.07, 6.45) is 2.34. The first-order valence-corrected chi connectivity index (χ1v) is 7.28. The monoisotopic (exact) mass is 271 g/mol. The number of hydrogen-bond donors (Lipinski definition) is 0. The van der Waals surface area contributed by atoms with Gasteiger partial charge in [-0.15, -0.1) is 11.6 Å². The van der Waals surface area contributed by atoms with Crippen molar-refractivity contribution in [3.63, 3.8) is 0 Å². The van der Waals surface area contributed by atoms with Gasteiger partial charge in [-0.2, -0.15) is 0 Å². The van der Waals surface area contributed by atoms with Gasteiger partial charge in [-0.1, -0.05) is 26.7 Å². The highest BCUT2D eigenvalue weighted by molar-refractivity contribution is 6.17. The fraction of sp³-hybridized carbons (Fsp3) is 0.600. The molecule has 0 N–H and O–H groups in total. The summed E-state index contributed by atoms with van der Waals surface area (Å²) in [5.74, 6) is 0.818. The second-order valence-electron chi connectivity index (χ2n) is 4.63. The van der Waals surface area contributed by atoms with E-state index in [2.05, 4.69) is 25.7 Å². The van der Waals surface area contributed by atoms with E-state index in [1.54, 1.807) is 0 Å². The van der Waals surface area contributed by atoms with Crippen molar-refractivity contribution in [3.05, 3.63) is 29.6 Å². The van der Waals surface area contributed by atoms with Gasteiger partial charge in [0.05, 0.1) is 0 Å². The maximum absolute atomic E-state index is 13.2. The van der Waals surface area contributed by atoms with Crippen molar-refractivity contribution in [2.45, 2.75) is 39.5 Å². The van der Waals surface area contributed by atoms with Crippen LogP contribution in [0, 0.1) is 11.7 Å². The second-order valence-corrected chi connectivity index (χ2v) is 4.90. The molecule has 0 fully saturated rings. The van der Waals surface area contributed by atoms with E-state index in [-0.39, 0.29) is 5.82 Å². The minimum atomic E-state index is -0.215. The molecule has 0 aliphatic carbocycles. The molecule has 1 nitrogen and oxygen atoms in total. The first kappa shape index (κ1) is 15.3. The van der Waals surface area contributed by atoms with Crippen LogP contribution in [0.15, 0.2) is 18.2 Å². The third kappa shape index (κ3) is 3.88. The lowest BCUT2D eigenvalue weighted by atomic mass is 10.0. The molecule has 0 aliphatic rings. The van der Waals surface area contributed by atoms with E-state index in [1.807, 2.05) is 6.07 Å². The Balaban J connectivity index is 2.93. The average Bonchev–Trinajstić information content (AvgIpc) is 2.41. The van der Waals surface area contributed by atoms with Crippen molar-refractivity contribution in [3.8, 4) is 0 Å². The molecule has 0 bridgehead atoms. The van der Waals surface area contributed by atoms with Crippen LogP contribution in [0.25, 0.3) is 0 Å². The van der Waals surface area contributed by atoms with E-state index in [0.29, 0.717) is 11.8 Å². The van der Waals surface area contributed by atoms with Crippen LogP contribution < -0.4 is 4.90 Å². The summed E-state index contributed by atoms with van der Waals surface area (Å²) in [5, 5.41) is 0. The first-order chi connectivity index (χ1) is 8.65. The van der Waals surface area contributed by atoms with Crippen molar-refractivity contribution in [1.82, 2.24) is 0 Å². The highest BCUT2D eigenvalue weighted by Gasteiger charge is 2.14. The molecule has 102 valence electrons. The fourth-order valence-corrected chi connectivity index (χ4v) is 2.44. The maximum Gasteiger partial charge on any atom is 0.123 e. The quantitative estimate of drug-likeness (QED) is 0.642. The van der Waals surface area contributed by atoms with Gasteiger partial charge in [0.2, 0.25) is 0 Å². The molecule has 0 aliphatic heterocycles. The Hall–Kier alpha value is -0.760. The fourth-order valence-electron chi connectivity index (χ4n) is 2.23. The molecular formula is C15H23ClFN. The molecule has 0 amide bonds. The van der Waals surface area contributed by atoms with Gasteiger partial charge in [0.15, 0.2) is 0 Å². The number of hydrogen-bond acceptors (Lipinski definition) is 1. The third-order valence-corrected chi connectivity index (χ3v) is 3.83. The summed E-state index contributed by atoms with van der Waals surface area (Å²) in [4.78, 5) is 2.30. The summed E-state index contributed by atoms with van der Waals surface area (Å²) < 4.78 is 13.2. The van der Waals surface area contributed by atoms with E-state index in [1.165, 1.54) is 25.0 Å². The molecule has 0 saturated heterocycles. The molecule has 1 aromatic carbocycles. The molecule has 0 unspecified atom stereocenters. The maximum atomic E-state index is 13.2. The zero-order chi connectivity index (χ0) is 13.5. The van der Waals surface area contributed by atoms with Crippen LogP contribution >= 0.6 is 11.6 Å². The zero-order valence-corrected chi connectivity index (χ0v) is 12.3. The van der Waals surface area contributed by atoms with Crippen LogP contribution in [0.5, 0.6) is 0 Å². The normalized spacial score (nSPS) is 11.0. The second kappa shape index (κ2) is 7.63. The lowest BCUT2D eigenvalue weighted by Crippen LogP contribution is -2.29. The molecule has 0 heterocycles. The van der Waals surface area contributed by atoms with Crippen molar-refractivity contribution in [2.75, 3.05) is 18.0 Å². The van der Waals surface area contributed by atoms with Gasteiger partial charge in [0, 0.05) is 24.7 Å². The lowest BCUT2D eigenvalue weighted by Gasteiger charge is -2.29. The minimum absolute atomic E-state index is 0.215. The number of rotatable bonds is 7. The zero-order valence-electron chi connectivity index (χ0n) is 11.5.